The maximum absolute atomic E-state index is 4.49. The first-order valence-electron chi connectivity index (χ1n) is 4.81. The molecule has 1 heterocycles. The average molecular weight is 236 g/mol. The summed E-state index contributed by atoms with van der Waals surface area (Å²) in [7, 11) is 0. The second-order valence-corrected chi connectivity index (χ2v) is 5.99. The monoisotopic (exact) mass is 236 g/mol. The quantitative estimate of drug-likeness (QED) is 0.760. The lowest BCUT2D eigenvalue weighted by atomic mass is 10.2. The zero-order valence-corrected chi connectivity index (χ0v) is 10.3. The Morgan fingerprint density at radius 3 is 2.60 bits per heavy atom. The highest BCUT2D eigenvalue weighted by Gasteiger charge is 2.07. The summed E-state index contributed by atoms with van der Waals surface area (Å²) in [5.41, 5.74) is 1.09. The summed E-state index contributed by atoms with van der Waals surface area (Å²) in [4.78, 5) is 4.49. The van der Waals surface area contributed by atoms with Crippen molar-refractivity contribution in [3.8, 4) is 11.4 Å². The average Bonchev–Trinajstić information content (AvgIpc) is 2.67. The van der Waals surface area contributed by atoms with Crippen molar-refractivity contribution in [1.82, 2.24) is 9.36 Å². The van der Waals surface area contributed by atoms with Crippen LogP contribution in [0, 0.1) is 0 Å². The van der Waals surface area contributed by atoms with Gasteiger partial charge in [0.25, 0.3) is 0 Å². The summed E-state index contributed by atoms with van der Waals surface area (Å²) < 4.78 is 5.39. The van der Waals surface area contributed by atoms with Gasteiger partial charge in [0, 0.05) is 10.8 Å². The number of aromatic nitrogens is 2. The second-order valence-electron chi connectivity index (χ2n) is 3.42. The van der Waals surface area contributed by atoms with Crippen molar-refractivity contribution in [3.63, 3.8) is 0 Å². The number of hydrogen-bond acceptors (Lipinski definition) is 4. The van der Waals surface area contributed by atoms with E-state index < -0.39 is 0 Å². The molecule has 0 aliphatic heterocycles. The first kappa shape index (κ1) is 10.6. The minimum Gasteiger partial charge on any atom is -0.208 e. The van der Waals surface area contributed by atoms with Gasteiger partial charge >= 0.3 is 0 Å². The van der Waals surface area contributed by atoms with Gasteiger partial charge in [-0.15, -0.1) is 0 Å². The summed E-state index contributed by atoms with van der Waals surface area (Å²) in [6.45, 7) is 4.32. The third-order valence-electron chi connectivity index (χ3n) is 1.78. The first-order chi connectivity index (χ1) is 7.25. The third-order valence-corrected chi connectivity index (χ3v) is 3.56. The summed E-state index contributed by atoms with van der Waals surface area (Å²) >= 11 is 3.23. The van der Waals surface area contributed by atoms with Gasteiger partial charge in [-0.2, -0.15) is 4.37 Å². The Morgan fingerprint density at radius 1 is 1.20 bits per heavy atom. The van der Waals surface area contributed by atoms with Gasteiger partial charge in [0.1, 0.15) is 0 Å². The molecule has 0 amide bonds. The molecule has 2 rings (SSSR count). The topological polar surface area (TPSA) is 25.8 Å². The summed E-state index contributed by atoms with van der Waals surface area (Å²) in [5.74, 6) is 0.837. The van der Waals surface area contributed by atoms with Gasteiger partial charge in [0.15, 0.2) is 10.2 Å². The van der Waals surface area contributed by atoms with Gasteiger partial charge in [0.05, 0.1) is 0 Å². The molecule has 0 bridgehead atoms. The SMILES string of the molecule is CC(C)Sc1nc(-c2ccccc2)ns1. The molecule has 0 fully saturated rings. The van der Waals surface area contributed by atoms with E-state index >= 15 is 0 Å². The maximum Gasteiger partial charge on any atom is 0.174 e. The standard InChI is InChI=1S/C11H12N2S2/c1-8(2)14-11-12-10(13-15-11)9-6-4-3-5-7-9/h3-8H,1-2H3. The van der Waals surface area contributed by atoms with Gasteiger partial charge in [-0.3, -0.25) is 0 Å². The van der Waals surface area contributed by atoms with E-state index in [1.54, 1.807) is 11.8 Å². The molecule has 1 aromatic heterocycles. The molecule has 0 saturated heterocycles. The van der Waals surface area contributed by atoms with Gasteiger partial charge < -0.3 is 0 Å². The molecule has 15 heavy (non-hydrogen) atoms. The fourth-order valence-electron chi connectivity index (χ4n) is 1.16. The lowest BCUT2D eigenvalue weighted by Crippen LogP contribution is -1.85. The molecule has 0 radical (unpaired) electrons. The van der Waals surface area contributed by atoms with Crippen LogP contribution in [0.25, 0.3) is 11.4 Å². The van der Waals surface area contributed by atoms with Crippen molar-refractivity contribution in [2.75, 3.05) is 0 Å². The second kappa shape index (κ2) is 4.77. The van der Waals surface area contributed by atoms with Crippen LogP contribution < -0.4 is 0 Å². The van der Waals surface area contributed by atoms with Crippen molar-refractivity contribution in [3.05, 3.63) is 30.3 Å². The molecule has 2 aromatic rings. The van der Waals surface area contributed by atoms with E-state index in [1.165, 1.54) is 11.5 Å². The largest absolute Gasteiger partial charge is 0.208 e. The highest BCUT2D eigenvalue weighted by Crippen LogP contribution is 2.27. The van der Waals surface area contributed by atoms with E-state index in [0.29, 0.717) is 5.25 Å². The predicted octanol–water partition coefficient (Wildman–Crippen LogP) is 3.71. The van der Waals surface area contributed by atoms with Crippen LogP contribution in [-0.2, 0) is 0 Å². The van der Waals surface area contributed by atoms with Crippen LogP contribution >= 0.6 is 23.3 Å². The van der Waals surface area contributed by atoms with Crippen LogP contribution in [0.3, 0.4) is 0 Å². The number of hydrogen-bond donors (Lipinski definition) is 0. The van der Waals surface area contributed by atoms with Crippen LogP contribution in [-0.4, -0.2) is 14.6 Å². The molecule has 1 aromatic carbocycles. The molecule has 2 nitrogen and oxygen atoms in total. The highest BCUT2D eigenvalue weighted by atomic mass is 32.2. The molecular formula is C11H12N2S2. The zero-order chi connectivity index (χ0) is 10.7. The van der Waals surface area contributed by atoms with Crippen molar-refractivity contribution < 1.29 is 0 Å². The Balaban J connectivity index is 2.21. The minimum absolute atomic E-state index is 0.557. The summed E-state index contributed by atoms with van der Waals surface area (Å²) in [5, 5.41) is 0.557. The minimum atomic E-state index is 0.557. The first-order valence-corrected chi connectivity index (χ1v) is 6.47. The number of nitrogens with zero attached hydrogens (tertiary/aromatic N) is 2. The predicted molar refractivity (Wildman–Crippen MR) is 66.3 cm³/mol. The Morgan fingerprint density at radius 2 is 1.93 bits per heavy atom. The number of thioether (sulfide) groups is 1. The van der Waals surface area contributed by atoms with Gasteiger partial charge in [0.2, 0.25) is 0 Å². The Labute approximate surface area is 97.9 Å². The van der Waals surface area contributed by atoms with Gasteiger partial charge in [-0.1, -0.05) is 55.9 Å². The highest BCUT2D eigenvalue weighted by molar-refractivity contribution is 8.01. The number of rotatable bonds is 3. The Kier molecular flexibility index (Phi) is 3.38. The molecule has 0 N–H and O–H groups in total. The zero-order valence-electron chi connectivity index (χ0n) is 8.68. The van der Waals surface area contributed by atoms with Crippen LogP contribution in [0.4, 0.5) is 0 Å². The molecular weight excluding hydrogens is 224 g/mol. The fraction of sp³-hybridized carbons (Fsp3) is 0.273. The third kappa shape index (κ3) is 2.79. The van der Waals surface area contributed by atoms with Gasteiger partial charge in [-0.05, 0) is 11.5 Å². The molecule has 0 unspecified atom stereocenters. The fourth-order valence-corrected chi connectivity index (χ4v) is 3.01. The van der Waals surface area contributed by atoms with E-state index in [1.807, 2.05) is 30.3 Å². The maximum atomic E-state index is 4.49. The van der Waals surface area contributed by atoms with E-state index in [9.17, 15) is 0 Å². The van der Waals surface area contributed by atoms with Crippen molar-refractivity contribution in [2.45, 2.75) is 23.4 Å². The van der Waals surface area contributed by atoms with E-state index in [2.05, 4.69) is 23.2 Å². The molecule has 78 valence electrons. The van der Waals surface area contributed by atoms with Crippen LogP contribution in [0.5, 0.6) is 0 Å². The molecule has 0 aliphatic carbocycles. The lowest BCUT2D eigenvalue weighted by Gasteiger charge is -1.97. The van der Waals surface area contributed by atoms with Gasteiger partial charge in [-0.25, -0.2) is 4.98 Å². The lowest BCUT2D eigenvalue weighted by molar-refractivity contribution is 1.10. The Bertz CT molecular complexity index is 423. The molecule has 0 atom stereocenters. The summed E-state index contributed by atoms with van der Waals surface area (Å²) in [6.07, 6.45) is 0. The van der Waals surface area contributed by atoms with Crippen LogP contribution in [0.15, 0.2) is 34.7 Å². The summed E-state index contributed by atoms with van der Waals surface area (Å²) in [6, 6.07) is 10.1. The van der Waals surface area contributed by atoms with E-state index in [4.69, 9.17) is 0 Å². The van der Waals surface area contributed by atoms with E-state index in [0.717, 1.165) is 15.7 Å². The van der Waals surface area contributed by atoms with Crippen LogP contribution in [0.1, 0.15) is 13.8 Å². The van der Waals surface area contributed by atoms with Crippen molar-refractivity contribution >= 4 is 23.3 Å². The van der Waals surface area contributed by atoms with Crippen molar-refractivity contribution in [1.29, 1.82) is 0 Å². The van der Waals surface area contributed by atoms with Crippen LogP contribution in [0.2, 0.25) is 0 Å². The number of benzene rings is 1. The molecule has 0 saturated carbocycles. The Hall–Kier alpha value is -0.870. The smallest absolute Gasteiger partial charge is 0.174 e. The molecule has 0 spiro atoms. The van der Waals surface area contributed by atoms with E-state index in [-0.39, 0.29) is 0 Å². The normalized spacial score (nSPS) is 10.9. The molecule has 4 heteroatoms. The molecule has 0 aliphatic rings. The van der Waals surface area contributed by atoms with Crippen molar-refractivity contribution in [2.24, 2.45) is 0 Å².